The first-order valence-electron chi connectivity index (χ1n) is 6.94. The van der Waals surface area contributed by atoms with Gasteiger partial charge in [-0.05, 0) is 36.0 Å². The van der Waals surface area contributed by atoms with Crippen molar-refractivity contribution in [2.75, 3.05) is 23.5 Å². The van der Waals surface area contributed by atoms with Gasteiger partial charge in [-0.1, -0.05) is 26.8 Å². The summed E-state index contributed by atoms with van der Waals surface area (Å²) < 4.78 is 32.0. The van der Waals surface area contributed by atoms with Crippen LogP contribution in [0.2, 0.25) is 0 Å². The fourth-order valence-corrected chi connectivity index (χ4v) is 3.23. The summed E-state index contributed by atoms with van der Waals surface area (Å²) in [5.41, 5.74) is 1.46. The number of sulfonamides is 1. The van der Waals surface area contributed by atoms with E-state index in [-0.39, 0.29) is 11.2 Å². The average Bonchev–Trinajstić information content (AvgIpc) is 2.37. The zero-order valence-corrected chi connectivity index (χ0v) is 14.6. The Morgan fingerprint density at radius 2 is 1.90 bits per heavy atom. The Balaban J connectivity index is 3.00. The van der Waals surface area contributed by atoms with E-state index < -0.39 is 10.0 Å². The number of hydrogen-bond acceptors (Lipinski definition) is 3. The molecular formula is C15H24ClNO3S. The van der Waals surface area contributed by atoms with Crippen LogP contribution in [-0.4, -0.2) is 27.2 Å². The first kappa shape index (κ1) is 18.1. The zero-order valence-electron chi connectivity index (χ0n) is 13.1. The molecule has 1 aromatic carbocycles. The maximum atomic E-state index is 12.1. The predicted molar refractivity (Wildman–Crippen MR) is 89.1 cm³/mol. The zero-order chi connectivity index (χ0) is 16.1. The molecule has 120 valence electrons. The number of hydrogen-bond donors (Lipinski definition) is 1. The molecule has 0 spiro atoms. The van der Waals surface area contributed by atoms with Crippen LogP contribution in [0.3, 0.4) is 0 Å². The highest BCUT2D eigenvalue weighted by atomic mass is 35.5. The molecule has 0 aliphatic carbocycles. The van der Waals surface area contributed by atoms with Gasteiger partial charge in [0.05, 0.1) is 18.6 Å². The van der Waals surface area contributed by atoms with Crippen LogP contribution in [0.5, 0.6) is 5.75 Å². The van der Waals surface area contributed by atoms with Crippen LogP contribution in [0.4, 0.5) is 5.69 Å². The molecule has 1 aromatic rings. The first-order valence-corrected chi connectivity index (χ1v) is 9.13. The summed E-state index contributed by atoms with van der Waals surface area (Å²) in [6.45, 7) is 6.23. The van der Waals surface area contributed by atoms with E-state index in [1.165, 1.54) is 7.11 Å². The summed E-state index contributed by atoms with van der Waals surface area (Å²) in [5, 5.41) is 0. The fraction of sp³-hybridized carbons (Fsp3) is 0.600. The van der Waals surface area contributed by atoms with Crippen molar-refractivity contribution in [3.05, 3.63) is 23.8 Å². The predicted octanol–water partition coefficient (Wildman–Crippen LogP) is 3.75. The lowest BCUT2D eigenvalue weighted by Gasteiger charge is -2.21. The topological polar surface area (TPSA) is 55.4 Å². The molecule has 0 heterocycles. The highest BCUT2D eigenvalue weighted by molar-refractivity contribution is 7.92. The van der Waals surface area contributed by atoms with E-state index in [1.807, 2.05) is 12.1 Å². The fourth-order valence-electron chi connectivity index (χ4n) is 1.86. The molecule has 6 heteroatoms. The molecule has 0 unspecified atom stereocenters. The van der Waals surface area contributed by atoms with Crippen molar-refractivity contribution < 1.29 is 13.2 Å². The van der Waals surface area contributed by atoms with Crippen LogP contribution < -0.4 is 9.46 Å². The van der Waals surface area contributed by atoms with Crippen molar-refractivity contribution in [1.82, 2.24) is 0 Å². The first-order chi connectivity index (χ1) is 9.69. The van der Waals surface area contributed by atoms with Crippen molar-refractivity contribution in [2.24, 2.45) is 0 Å². The third-order valence-electron chi connectivity index (χ3n) is 3.13. The van der Waals surface area contributed by atoms with Crippen molar-refractivity contribution >= 4 is 27.3 Å². The number of rotatable bonds is 7. The third kappa shape index (κ3) is 5.75. The second kappa shape index (κ2) is 7.36. The largest absolute Gasteiger partial charge is 0.495 e. The van der Waals surface area contributed by atoms with E-state index >= 15 is 0 Å². The van der Waals surface area contributed by atoms with Crippen LogP contribution in [0.15, 0.2) is 18.2 Å². The maximum Gasteiger partial charge on any atom is 0.232 e. The molecular weight excluding hydrogens is 310 g/mol. The lowest BCUT2D eigenvalue weighted by atomic mass is 9.87. The molecule has 21 heavy (non-hydrogen) atoms. The monoisotopic (exact) mass is 333 g/mol. The Morgan fingerprint density at radius 1 is 1.24 bits per heavy atom. The van der Waals surface area contributed by atoms with Gasteiger partial charge in [-0.3, -0.25) is 4.72 Å². The second-order valence-corrected chi connectivity index (χ2v) is 8.20. The Labute approximate surface area is 132 Å². The van der Waals surface area contributed by atoms with E-state index in [1.54, 1.807) is 6.07 Å². The van der Waals surface area contributed by atoms with Gasteiger partial charge in [0.1, 0.15) is 5.75 Å². The van der Waals surface area contributed by atoms with Gasteiger partial charge >= 0.3 is 0 Å². The summed E-state index contributed by atoms with van der Waals surface area (Å²) in [5.74, 6) is 1.05. The normalized spacial score (nSPS) is 12.2. The maximum absolute atomic E-state index is 12.1. The minimum Gasteiger partial charge on any atom is -0.495 e. The summed E-state index contributed by atoms with van der Waals surface area (Å²) in [6.07, 6.45) is 1.22. The minimum atomic E-state index is -3.39. The number of nitrogens with one attached hydrogen (secondary N) is 1. The Kier molecular flexibility index (Phi) is 6.35. The standard InChI is InChI=1S/C15H24ClNO3S/c1-15(2,3)12-7-8-14(20-4)13(11-12)17-21(18,19)10-6-5-9-16/h7-8,11,17H,5-6,9-10H2,1-4H3. The molecule has 0 atom stereocenters. The van der Waals surface area contributed by atoms with Gasteiger partial charge in [0, 0.05) is 5.88 Å². The van der Waals surface area contributed by atoms with E-state index in [0.717, 1.165) is 5.56 Å². The van der Waals surface area contributed by atoms with Crippen LogP contribution >= 0.6 is 11.6 Å². The van der Waals surface area contributed by atoms with Crippen LogP contribution in [0.1, 0.15) is 39.2 Å². The molecule has 0 aliphatic heterocycles. The minimum absolute atomic E-state index is 0.0582. The van der Waals surface area contributed by atoms with E-state index in [4.69, 9.17) is 16.3 Å². The Morgan fingerprint density at radius 3 is 2.43 bits per heavy atom. The summed E-state index contributed by atoms with van der Waals surface area (Å²) in [4.78, 5) is 0. The molecule has 0 radical (unpaired) electrons. The summed E-state index contributed by atoms with van der Waals surface area (Å²) in [7, 11) is -1.87. The molecule has 0 aromatic heterocycles. The molecule has 0 saturated carbocycles. The Bertz CT molecular complexity index is 565. The lowest BCUT2D eigenvalue weighted by molar-refractivity contribution is 0.416. The number of methoxy groups -OCH3 is 1. The van der Waals surface area contributed by atoms with Gasteiger partial charge < -0.3 is 4.74 Å². The van der Waals surface area contributed by atoms with E-state index in [2.05, 4.69) is 25.5 Å². The smallest absolute Gasteiger partial charge is 0.232 e. The molecule has 0 amide bonds. The van der Waals surface area contributed by atoms with Crippen molar-refractivity contribution in [2.45, 2.75) is 39.0 Å². The SMILES string of the molecule is COc1ccc(C(C)(C)C)cc1NS(=O)(=O)CCCCCl. The van der Waals surface area contributed by atoms with E-state index in [0.29, 0.717) is 30.2 Å². The number of alkyl halides is 1. The molecule has 4 nitrogen and oxygen atoms in total. The van der Waals surface area contributed by atoms with Crippen LogP contribution in [0.25, 0.3) is 0 Å². The van der Waals surface area contributed by atoms with Crippen molar-refractivity contribution in [3.63, 3.8) is 0 Å². The highest BCUT2D eigenvalue weighted by Crippen LogP contribution is 2.32. The number of anilines is 1. The van der Waals surface area contributed by atoms with Crippen LogP contribution in [0, 0.1) is 0 Å². The highest BCUT2D eigenvalue weighted by Gasteiger charge is 2.18. The second-order valence-electron chi connectivity index (χ2n) is 5.98. The van der Waals surface area contributed by atoms with Gasteiger partial charge in [0.25, 0.3) is 0 Å². The number of ether oxygens (including phenoxy) is 1. The molecule has 0 aliphatic rings. The third-order valence-corrected chi connectivity index (χ3v) is 4.75. The summed E-state index contributed by atoms with van der Waals surface area (Å²) in [6, 6.07) is 5.57. The number of halogens is 1. The van der Waals surface area contributed by atoms with Crippen molar-refractivity contribution in [1.29, 1.82) is 0 Å². The molecule has 0 saturated heterocycles. The van der Waals surface area contributed by atoms with Gasteiger partial charge in [-0.15, -0.1) is 11.6 Å². The quantitative estimate of drug-likeness (QED) is 0.610. The van der Waals surface area contributed by atoms with Gasteiger partial charge in [-0.25, -0.2) is 8.42 Å². The molecule has 1 N–H and O–H groups in total. The molecule has 0 fully saturated rings. The van der Waals surface area contributed by atoms with Gasteiger partial charge in [0.15, 0.2) is 0 Å². The van der Waals surface area contributed by atoms with Crippen LogP contribution in [-0.2, 0) is 15.4 Å². The average molecular weight is 334 g/mol. The number of unbranched alkanes of at least 4 members (excludes halogenated alkanes) is 1. The lowest BCUT2D eigenvalue weighted by Crippen LogP contribution is -2.18. The van der Waals surface area contributed by atoms with E-state index in [9.17, 15) is 8.42 Å². The Hall–Kier alpha value is -0.940. The van der Waals surface area contributed by atoms with Gasteiger partial charge in [0.2, 0.25) is 10.0 Å². The molecule has 0 bridgehead atoms. The number of benzene rings is 1. The molecule has 1 rings (SSSR count). The summed E-state index contributed by atoms with van der Waals surface area (Å²) >= 11 is 5.57. The van der Waals surface area contributed by atoms with Gasteiger partial charge in [-0.2, -0.15) is 0 Å². The van der Waals surface area contributed by atoms with Crippen molar-refractivity contribution in [3.8, 4) is 5.75 Å².